The summed E-state index contributed by atoms with van der Waals surface area (Å²) in [6.45, 7) is 3.89. The van der Waals surface area contributed by atoms with Gasteiger partial charge in [-0.25, -0.2) is 8.78 Å². The summed E-state index contributed by atoms with van der Waals surface area (Å²) >= 11 is 0. The normalized spacial score (nSPS) is 14.0. The van der Waals surface area contributed by atoms with Crippen molar-refractivity contribution in [1.82, 2.24) is 5.32 Å². The fourth-order valence-corrected chi connectivity index (χ4v) is 1.71. The van der Waals surface area contributed by atoms with Gasteiger partial charge in [0.15, 0.2) is 17.4 Å². The molecule has 0 aliphatic heterocycles. The molecular weight excluding hydrogens is 290 g/mol. The van der Waals surface area contributed by atoms with E-state index in [1.54, 1.807) is 6.92 Å². The third-order valence-electron chi connectivity index (χ3n) is 3.12. The Bertz CT molecular complexity index is 458. The van der Waals surface area contributed by atoms with Crippen LogP contribution in [0.15, 0.2) is 6.07 Å². The lowest BCUT2D eigenvalue weighted by molar-refractivity contribution is 0.140. The fourth-order valence-electron chi connectivity index (χ4n) is 1.71. The average Bonchev–Trinajstić information content (AvgIpc) is 2.46. The van der Waals surface area contributed by atoms with E-state index in [0.29, 0.717) is 6.54 Å². The summed E-state index contributed by atoms with van der Waals surface area (Å²) in [6.07, 6.45) is 1.05. The first kappa shape index (κ1) is 17.7. The Kier molecular flexibility index (Phi) is 6.42. The Balaban J connectivity index is 2.72. The number of halogens is 4. The molecule has 0 amide bonds. The molecule has 7 heteroatoms. The molecule has 0 saturated carbocycles. The van der Waals surface area contributed by atoms with E-state index in [4.69, 9.17) is 4.74 Å². The van der Waals surface area contributed by atoms with Gasteiger partial charge < -0.3 is 15.2 Å². The van der Waals surface area contributed by atoms with Crippen molar-refractivity contribution in [3.8, 4) is 5.75 Å². The summed E-state index contributed by atoms with van der Waals surface area (Å²) in [6, 6.07) is 0.123. The summed E-state index contributed by atoms with van der Waals surface area (Å²) in [5, 5.41) is 12.4. The molecule has 0 aliphatic carbocycles. The number of nitrogens with one attached hydrogen (secondary N) is 1. The summed E-state index contributed by atoms with van der Waals surface area (Å²) in [5.41, 5.74) is -0.700. The molecule has 1 aromatic rings. The van der Waals surface area contributed by atoms with Crippen LogP contribution in [0.2, 0.25) is 0 Å². The Morgan fingerprint density at radius 2 is 1.76 bits per heavy atom. The lowest BCUT2D eigenvalue weighted by atomic mass is 9.99. The van der Waals surface area contributed by atoms with E-state index in [1.807, 2.05) is 6.92 Å². The Morgan fingerprint density at radius 1 is 1.19 bits per heavy atom. The van der Waals surface area contributed by atoms with Crippen molar-refractivity contribution < 1.29 is 27.4 Å². The number of hydrogen-bond acceptors (Lipinski definition) is 3. The second kappa shape index (κ2) is 7.61. The van der Waals surface area contributed by atoms with Crippen LogP contribution in [0.25, 0.3) is 0 Å². The first-order valence-electron chi connectivity index (χ1n) is 6.66. The molecule has 0 spiro atoms. The molecule has 1 unspecified atom stereocenters. The topological polar surface area (TPSA) is 41.5 Å². The van der Waals surface area contributed by atoms with Gasteiger partial charge in [-0.2, -0.15) is 8.78 Å². The molecule has 120 valence electrons. The van der Waals surface area contributed by atoms with Gasteiger partial charge in [0.1, 0.15) is 0 Å². The average molecular weight is 309 g/mol. The third kappa shape index (κ3) is 4.57. The van der Waals surface area contributed by atoms with E-state index >= 15 is 0 Å². The van der Waals surface area contributed by atoms with Crippen molar-refractivity contribution in [2.75, 3.05) is 19.8 Å². The largest absolute Gasteiger partial charge is 0.487 e. The van der Waals surface area contributed by atoms with Crippen LogP contribution in [-0.2, 0) is 0 Å². The first-order chi connectivity index (χ1) is 9.84. The minimum Gasteiger partial charge on any atom is -0.487 e. The van der Waals surface area contributed by atoms with Gasteiger partial charge in [0, 0.05) is 18.0 Å². The quantitative estimate of drug-likeness (QED) is 0.573. The highest BCUT2D eigenvalue weighted by atomic mass is 19.2. The minimum absolute atomic E-state index is 0.123. The molecule has 2 N–H and O–H groups in total. The van der Waals surface area contributed by atoms with Gasteiger partial charge in [-0.3, -0.25) is 0 Å². The molecule has 21 heavy (non-hydrogen) atoms. The molecule has 1 aromatic carbocycles. The van der Waals surface area contributed by atoms with Gasteiger partial charge in [-0.15, -0.1) is 0 Å². The van der Waals surface area contributed by atoms with Crippen LogP contribution in [0.3, 0.4) is 0 Å². The van der Waals surface area contributed by atoms with Crippen molar-refractivity contribution in [1.29, 1.82) is 0 Å². The van der Waals surface area contributed by atoms with E-state index in [1.165, 1.54) is 0 Å². The molecule has 0 bridgehead atoms. The van der Waals surface area contributed by atoms with E-state index < -0.39 is 34.6 Å². The van der Waals surface area contributed by atoms with Crippen molar-refractivity contribution in [3.63, 3.8) is 0 Å². The molecule has 0 saturated heterocycles. The second-order valence-corrected chi connectivity index (χ2v) is 5.04. The SMILES string of the molecule is CCCNC(C)(CO)CCOc1c(F)c(F)cc(F)c1F. The van der Waals surface area contributed by atoms with Crippen molar-refractivity contribution in [2.24, 2.45) is 0 Å². The van der Waals surface area contributed by atoms with Crippen molar-refractivity contribution >= 4 is 0 Å². The molecular formula is C14H19F4NO2. The zero-order valence-corrected chi connectivity index (χ0v) is 12.0. The summed E-state index contributed by atoms with van der Waals surface area (Å²) < 4.78 is 57.6. The smallest absolute Gasteiger partial charge is 0.203 e. The monoisotopic (exact) mass is 309 g/mol. The number of hydrogen-bond donors (Lipinski definition) is 2. The zero-order chi connectivity index (χ0) is 16.0. The molecule has 0 radical (unpaired) electrons. The van der Waals surface area contributed by atoms with E-state index in [0.717, 1.165) is 6.42 Å². The minimum atomic E-state index is -1.57. The van der Waals surface area contributed by atoms with Gasteiger partial charge in [0.2, 0.25) is 11.6 Å². The van der Waals surface area contributed by atoms with E-state index in [2.05, 4.69) is 5.32 Å². The Hall–Kier alpha value is -1.34. The third-order valence-corrected chi connectivity index (χ3v) is 3.12. The zero-order valence-electron chi connectivity index (χ0n) is 12.0. The number of aliphatic hydroxyl groups excluding tert-OH is 1. The van der Waals surface area contributed by atoms with Gasteiger partial charge in [0.25, 0.3) is 0 Å². The number of benzene rings is 1. The highest BCUT2D eigenvalue weighted by Gasteiger charge is 2.24. The Morgan fingerprint density at radius 3 is 2.24 bits per heavy atom. The van der Waals surface area contributed by atoms with Crippen molar-refractivity contribution in [3.05, 3.63) is 29.3 Å². The molecule has 0 aliphatic rings. The highest BCUT2D eigenvalue weighted by molar-refractivity contribution is 5.28. The fraction of sp³-hybridized carbons (Fsp3) is 0.571. The van der Waals surface area contributed by atoms with E-state index in [-0.39, 0.29) is 25.7 Å². The van der Waals surface area contributed by atoms with Gasteiger partial charge in [-0.1, -0.05) is 6.92 Å². The predicted molar refractivity (Wildman–Crippen MR) is 70.2 cm³/mol. The van der Waals surface area contributed by atoms with Crippen LogP contribution >= 0.6 is 0 Å². The molecule has 1 rings (SSSR count). The maximum atomic E-state index is 13.4. The molecule has 0 fully saturated rings. The van der Waals surface area contributed by atoms with Crippen LogP contribution in [0.4, 0.5) is 17.6 Å². The molecule has 0 aromatic heterocycles. The predicted octanol–water partition coefficient (Wildman–Crippen LogP) is 2.76. The molecule has 0 heterocycles. The number of rotatable bonds is 8. The van der Waals surface area contributed by atoms with Crippen LogP contribution in [0.5, 0.6) is 5.75 Å². The van der Waals surface area contributed by atoms with Crippen LogP contribution < -0.4 is 10.1 Å². The number of aliphatic hydroxyl groups is 1. The van der Waals surface area contributed by atoms with Crippen LogP contribution in [-0.4, -0.2) is 30.4 Å². The van der Waals surface area contributed by atoms with Crippen LogP contribution in [0.1, 0.15) is 26.7 Å². The molecule has 1 atom stereocenters. The summed E-state index contributed by atoms with van der Waals surface area (Å²) in [5.74, 6) is -7.25. The first-order valence-corrected chi connectivity index (χ1v) is 6.66. The lowest BCUT2D eigenvalue weighted by Gasteiger charge is -2.28. The summed E-state index contributed by atoms with van der Waals surface area (Å²) in [4.78, 5) is 0. The lowest BCUT2D eigenvalue weighted by Crippen LogP contribution is -2.47. The van der Waals surface area contributed by atoms with Gasteiger partial charge >= 0.3 is 0 Å². The standard InChI is InChI=1S/C14H19F4NO2/c1-3-5-19-14(2,8-20)4-6-21-13-11(17)9(15)7-10(16)12(13)18/h7,19-20H,3-6,8H2,1-2H3. The van der Waals surface area contributed by atoms with Crippen LogP contribution in [0, 0.1) is 23.3 Å². The maximum Gasteiger partial charge on any atom is 0.203 e. The Labute approximate surface area is 120 Å². The van der Waals surface area contributed by atoms with Gasteiger partial charge in [-0.05, 0) is 19.9 Å². The summed E-state index contributed by atoms with van der Waals surface area (Å²) in [7, 11) is 0. The van der Waals surface area contributed by atoms with Gasteiger partial charge in [0.05, 0.1) is 13.2 Å². The number of ether oxygens (including phenoxy) is 1. The highest BCUT2D eigenvalue weighted by Crippen LogP contribution is 2.26. The maximum absolute atomic E-state index is 13.4. The van der Waals surface area contributed by atoms with Crippen molar-refractivity contribution in [2.45, 2.75) is 32.2 Å². The van der Waals surface area contributed by atoms with E-state index in [9.17, 15) is 22.7 Å². The second-order valence-electron chi connectivity index (χ2n) is 5.04. The molecule has 3 nitrogen and oxygen atoms in total.